The number of anilines is 1. The number of hydrogen-bond acceptors (Lipinski definition) is 4. The van der Waals surface area contributed by atoms with E-state index in [1.165, 1.54) is 0 Å². The van der Waals surface area contributed by atoms with E-state index in [4.69, 9.17) is 4.74 Å². The first-order valence-electron chi connectivity index (χ1n) is 6.17. The fourth-order valence-corrected chi connectivity index (χ4v) is 2.37. The number of rotatable bonds is 6. The second-order valence-corrected chi connectivity index (χ2v) is 5.80. The number of ether oxygens (including phenoxy) is 1. The van der Waals surface area contributed by atoms with Gasteiger partial charge in [-0.3, -0.25) is 4.79 Å². The Balaban J connectivity index is 1.90. The fourth-order valence-electron chi connectivity index (χ4n) is 1.77. The molecule has 0 saturated carbocycles. The van der Waals surface area contributed by atoms with Crippen molar-refractivity contribution in [3.8, 4) is 0 Å². The van der Waals surface area contributed by atoms with Crippen molar-refractivity contribution in [1.29, 1.82) is 0 Å². The lowest BCUT2D eigenvalue weighted by Gasteiger charge is -2.38. The van der Waals surface area contributed by atoms with Crippen LogP contribution in [-0.4, -0.2) is 37.0 Å². The SMILES string of the molecule is CC1(OCC(=O)Nc2ccccc2SC(F)F)CNC1. The Kier molecular flexibility index (Phi) is 4.95. The van der Waals surface area contributed by atoms with Crippen LogP contribution < -0.4 is 10.6 Å². The minimum atomic E-state index is -2.52. The second-order valence-electron chi connectivity index (χ2n) is 4.76. The number of carbonyl (C=O) groups is 1. The molecule has 1 saturated heterocycles. The van der Waals surface area contributed by atoms with Crippen molar-refractivity contribution >= 4 is 23.4 Å². The monoisotopic (exact) mass is 302 g/mol. The van der Waals surface area contributed by atoms with E-state index in [2.05, 4.69) is 10.6 Å². The molecule has 0 bridgehead atoms. The van der Waals surface area contributed by atoms with Gasteiger partial charge < -0.3 is 15.4 Å². The van der Waals surface area contributed by atoms with Gasteiger partial charge in [0.05, 0.1) is 11.3 Å². The topological polar surface area (TPSA) is 50.4 Å². The molecule has 2 rings (SSSR count). The van der Waals surface area contributed by atoms with E-state index in [0.29, 0.717) is 35.4 Å². The summed E-state index contributed by atoms with van der Waals surface area (Å²) in [6.45, 7) is 3.24. The van der Waals surface area contributed by atoms with Crippen molar-refractivity contribution in [3.05, 3.63) is 24.3 Å². The third kappa shape index (κ3) is 4.16. The fraction of sp³-hybridized carbons (Fsp3) is 0.462. The van der Waals surface area contributed by atoms with Crippen molar-refractivity contribution in [2.75, 3.05) is 25.0 Å². The average Bonchev–Trinajstić information content (AvgIpc) is 2.36. The molecule has 7 heteroatoms. The highest BCUT2D eigenvalue weighted by Gasteiger charge is 2.33. The van der Waals surface area contributed by atoms with E-state index in [1.807, 2.05) is 6.92 Å². The van der Waals surface area contributed by atoms with Gasteiger partial charge in [0.15, 0.2) is 0 Å². The maximum Gasteiger partial charge on any atom is 0.288 e. The number of alkyl halides is 2. The van der Waals surface area contributed by atoms with Crippen LogP contribution in [0.1, 0.15) is 6.92 Å². The Morgan fingerprint density at radius 1 is 1.50 bits per heavy atom. The molecule has 110 valence electrons. The lowest BCUT2D eigenvalue weighted by molar-refractivity contribution is -0.130. The Morgan fingerprint density at radius 3 is 2.80 bits per heavy atom. The predicted molar refractivity (Wildman–Crippen MR) is 74.2 cm³/mol. The normalized spacial score (nSPS) is 16.8. The zero-order valence-electron chi connectivity index (χ0n) is 11.0. The smallest absolute Gasteiger partial charge is 0.288 e. The van der Waals surface area contributed by atoms with Crippen molar-refractivity contribution in [3.63, 3.8) is 0 Å². The molecule has 0 atom stereocenters. The molecular formula is C13H16F2N2O2S. The number of nitrogens with one attached hydrogen (secondary N) is 2. The third-order valence-corrected chi connectivity index (χ3v) is 3.71. The van der Waals surface area contributed by atoms with Crippen LogP contribution >= 0.6 is 11.8 Å². The first-order chi connectivity index (χ1) is 9.48. The van der Waals surface area contributed by atoms with Gasteiger partial charge in [-0.05, 0) is 19.1 Å². The van der Waals surface area contributed by atoms with Crippen LogP contribution in [0, 0.1) is 0 Å². The van der Waals surface area contributed by atoms with E-state index in [1.54, 1.807) is 24.3 Å². The molecule has 1 aromatic carbocycles. The molecule has 2 N–H and O–H groups in total. The molecule has 4 nitrogen and oxygen atoms in total. The Bertz CT molecular complexity index is 481. The summed E-state index contributed by atoms with van der Waals surface area (Å²) in [5.74, 6) is -2.87. The molecule has 1 heterocycles. The quantitative estimate of drug-likeness (QED) is 0.792. The molecule has 1 amide bonds. The molecular weight excluding hydrogens is 286 g/mol. The molecule has 20 heavy (non-hydrogen) atoms. The first-order valence-corrected chi connectivity index (χ1v) is 7.05. The number of thioether (sulfide) groups is 1. The van der Waals surface area contributed by atoms with Crippen molar-refractivity contribution in [1.82, 2.24) is 5.32 Å². The number of benzene rings is 1. The van der Waals surface area contributed by atoms with E-state index in [0.717, 1.165) is 0 Å². The highest BCUT2D eigenvalue weighted by Crippen LogP contribution is 2.31. The first kappa shape index (κ1) is 15.2. The number of hydrogen-bond donors (Lipinski definition) is 2. The molecule has 1 aromatic rings. The van der Waals surface area contributed by atoms with Crippen LogP contribution in [-0.2, 0) is 9.53 Å². The van der Waals surface area contributed by atoms with Crippen LogP contribution in [0.4, 0.5) is 14.5 Å². The minimum absolute atomic E-state index is 0.0914. The van der Waals surface area contributed by atoms with Gasteiger partial charge in [0, 0.05) is 18.0 Å². The summed E-state index contributed by atoms with van der Waals surface area (Å²) in [6, 6.07) is 6.47. The molecule has 1 fully saturated rings. The van der Waals surface area contributed by atoms with E-state index in [9.17, 15) is 13.6 Å². The molecule has 0 aliphatic carbocycles. The summed E-state index contributed by atoms with van der Waals surface area (Å²) in [5, 5.41) is 5.66. The lowest BCUT2D eigenvalue weighted by atomic mass is 10.0. The van der Waals surface area contributed by atoms with Gasteiger partial charge in [-0.1, -0.05) is 23.9 Å². The highest BCUT2D eigenvalue weighted by atomic mass is 32.2. The van der Waals surface area contributed by atoms with E-state index < -0.39 is 5.76 Å². The Morgan fingerprint density at radius 2 is 2.20 bits per heavy atom. The van der Waals surface area contributed by atoms with Crippen LogP contribution in [0.25, 0.3) is 0 Å². The Hall–Kier alpha value is -1.18. The number of amides is 1. The third-order valence-electron chi connectivity index (χ3n) is 2.93. The summed E-state index contributed by atoms with van der Waals surface area (Å²) in [7, 11) is 0. The minimum Gasteiger partial charge on any atom is -0.363 e. The van der Waals surface area contributed by atoms with Gasteiger partial charge in [-0.25, -0.2) is 0 Å². The van der Waals surface area contributed by atoms with Gasteiger partial charge in [-0.2, -0.15) is 8.78 Å². The molecule has 1 aliphatic rings. The van der Waals surface area contributed by atoms with Crippen molar-refractivity contribution < 1.29 is 18.3 Å². The maximum atomic E-state index is 12.4. The van der Waals surface area contributed by atoms with Crippen LogP contribution in [0.3, 0.4) is 0 Å². The molecule has 0 aromatic heterocycles. The number of carbonyl (C=O) groups excluding carboxylic acids is 1. The summed E-state index contributed by atoms with van der Waals surface area (Å²) in [4.78, 5) is 12.1. The molecule has 0 spiro atoms. The molecule has 1 aliphatic heterocycles. The van der Waals surface area contributed by atoms with Crippen molar-refractivity contribution in [2.45, 2.75) is 23.2 Å². The zero-order chi connectivity index (χ0) is 14.6. The second kappa shape index (κ2) is 6.51. The van der Waals surface area contributed by atoms with E-state index >= 15 is 0 Å². The summed E-state index contributed by atoms with van der Waals surface area (Å²) in [6.07, 6.45) is 0. The molecule has 0 unspecified atom stereocenters. The van der Waals surface area contributed by atoms with Crippen LogP contribution in [0.2, 0.25) is 0 Å². The summed E-state index contributed by atoms with van der Waals surface area (Å²) < 4.78 is 30.3. The Labute approximate surface area is 120 Å². The zero-order valence-corrected chi connectivity index (χ0v) is 11.8. The van der Waals surface area contributed by atoms with Crippen LogP contribution in [0.15, 0.2) is 29.2 Å². The van der Waals surface area contributed by atoms with Gasteiger partial charge >= 0.3 is 0 Å². The maximum absolute atomic E-state index is 12.4. The van der Waals surface area contributed by atoms with Gasteiger partial charge in [0.2, 0.25) is 5.91 Å². The predicted octanol–water partition coefficient (Wildman–Crippen LogP) is 2.32. The average molecular weight is 302 g/mol. The lowest BCUT2D eigenvalue weighted by Crippen LogP contribution is -2.59. The summed E-state index contributed by atoms with van der Waals surface area (Å²) in [5.41, 5.74) is 0.0671. The van der Waals surface area contributed by atoms with Gasteiger partial charge in [0.1, 0.15) is 6.61 Å². The van der Waals surface area contributed by atoms with Gasteiger partial charge in [0.25, 0.3) is 5.76 Å². The number of para-hydroxylation sites is 1. The summed E-state index contributed by atoms with van der Waals surface area (Å²) >= 11 is 0.407. The van der Waals surface area contributed by atoms with E-state index in [-0.39, 0.29) is 18.1 Å². The standard InChI is InChI=1S/C13H16F2N2O2S/c1-13(7-16-8-13)19-6-11(18)17-9-4-2-3-5-10(9)20-12(14)15/h2-5,12,16H,6-8H2,1H3,(H,17,18). The van der Waals surface area contributed by atoms with Crippen LogP contribution in [0.5, 0.6) is 0 Å². The number of halogens is 2. The van der Waals surface area contributed by atoms with Gasteiger partial charge in [-0.15, -0.1) is 0 Å². The molecule has 0 radical (unpaired) electrons. The largest absolute Gasteiger partial charge is 0.363 e. The highest BCUT2D eigenvalue weighted by molar-refractivity contribution is 7.99. The van der Waals surface area contributed by atoms with Crippen molar-refractivity contribution in [2.24, 2.45) is 0 Å².